The molecule has 0 radical (unpaired) electrons. The van der Waals surface area contributed by atoms with Crippen LogP contribution < -0.4 is 41.3 Å². The number of benzene rings is 4. The van der Waals surface area contributed by atoms with Gasteiger partial charge in [0.25, 0.3) is 0 Å². The first-order valence-corrected chi connectivity index (χ1v) is 51.0. The topological polar surface area (TPSA) is 567 Å². The van der Waals surface area contributed by atoms with Crippen LogP contribution in [-0.2, 0) is 40.1 Å². The van der Waals surface area contributed by atoms with E-state index in [0.717, 1.165) is 87.7 Å². The van der Waals surface area contributed by atoms with Crippen LogP contribution in [0.15, 0.2) is 151 Å². The maximum Gasteiger partial charge on any atom is 0.350 e. The molecule has 3 aliphatic heterocycles. The van der Waals surface area contributed by atoms with Gasteiger partial charge < -0.3 is 64.3 Å². The molecule has 1 amide bonds. The molecule has 0 spiro atoms. The van der Waals surface area contributed by atoms with Gasteiger partial charge in [-0.15, -0.1) is 10.2 Å². The van der Waals surface area contributed by atoms with Crippen molar-refractivity contribution in [1.29, 1.82) is 0 Å². The van der Waals surface area contributed by atoms with E-state index in [0.29, 0.717) is 193 Å². The third-order valence-corrected chi connectivity index (χ3v) is 27.7. The molecule has 3 saturated heterocycles. The molecule has 48 heteroatoms. The largest absolute Gasteiger partial charge is 0.478 e. The SMILES string of the molecule is CCOC(=O)c1sc(Nc2nc(-c3ccc(-c4nn[nH]n4)cc3)cc(N3CCC(O)CC3)n2)nc1C.CCOC(=O)c1sc(Nc2nc(-c3ccc(C(=O)O)cc3)cc(N3CCCC(CO)C3)n2)nc1C.CCOC(=O)c1sc(Nc2nc(-c3ccc(C(=O)O)cc3)cc(N3CCCN(C(C)=O)CC3)n2)nc1C.CCOC(=O)c1sc(Nc2nc(NCc3ccc(S(C)(=O)=O)cc3)cc(-c3cccnc3)n2)nc1C. The molecule has 14 aromatic rings. The normalized spacial score (nSPS) is 13.7. The summed E-state index contributed by atoms with van der Waals surface area (Å²) < 4.78 is 43.8. The summed E-state index contributed by atoms with van der Waals surface area (Å²) in [5.74, 6) is 0.920. The maximum atomic E-state index is 12.2. The Bertz CT molecular complexity index is 6980. The minimum Gasteiger partial charge on any atom is -0.478 e. The summed E-state index contributed by atoms with van der Waals surface area (Å²) in [5.41, 5.74) is 10.0. The van der Waals surface area contributed by atoms with Gasteiger partial charge in [0.05, 0.1) is 94.1 Å². The van der Waals surface area contributed by atoms with Crippen LogP contribution in [0.3, 0.4) is 0 Å². The summed E-state index contributed by atoms with van der Waals surface area (Å²) >= 11 is 4.69. The van der Waals surface area contributed by atoms with E-state index in [1.807, 2.05) is 59.5 Å². The van der Waals surface area contributed by atoms with Gasteiger partial charge in [-0.25, -0.2) is 77.1 Å². The summed E-state index contributed by atoms with van der Waals surface area (Å²) in [6, 6.07) is 38.4. The lowest BCUT2D eigenvalue weighted by molar-refractivity contribution is -0.128. The number of carbonyl (C=O) groups excluding carboxylic acids is 5. The number of aromatic nitrogens is 17. The van der Waals surface area contributed by atoms with E-state index >= 15 is 0 Å². The number of amides is 1. The molecule has 1 unspecified atom stereocenters. The van der Waals surface area contributed by atoms with E-state index in [-0.39, 0.29) is 72.3 Å². The van der Waals surface area contributed by atoms with Crippen molar-refractivity contribution in [2.45, 2.75) is 112 Å². The van der Waals surface area contributed by atoms with Crippen molar-refractivity contribution in [1.82, 2.24) is 90.3 Å². The van der Waals surface area contributed by atoms with Crippen LogP contribution in [0, 0.1) is 33.6 Å². The molecular weight excluding hydrogens is 1950 g/mol. The average Bonchev–Trinajstić information content (AvgIpc) is 1.19. The van der Waals surface area contributed by atoms with Crippen LogP contribution >= 0.6 is 45.3 Å². The number of hydrogen-bond donors (Lipinski definition) is 10. The number of nitrogens with zero attached hydrogens (tertiary/aromatic N) is 20. The average molecular weight is 2050 g/mol. The number of H-pyrrole nitrogens is 1. The van der Waals surface area contributed by atoms with Gasteiger partial charge >= 0.3 is 35.8 Å². The zero-order valence-electron chi connectivity index (χ0n) is 80.0. The Hall–Kier alpha value is -15.5. The van der Waals surface area contributed by atoms with Gasteiger partial charge in [0.2, 0.25) is 35.5 Å². The third-order valence-electron chi connectivity index (χ3n) is 22.3. The number of carbonyl (C=O) groups is 7. The molecule has 0 bridgehead atoms. The molecule has 144 heavy (non-hydrogen) atoms. The highest BCUT2D eigenvalue weighted by Crippen LogP contribution is 2.37. The molecule has 10 aromatic heterocycles. The number of ether oxygens (including phenoxy) is 4. The molecule has 0 saturated carbocycles. The number of thiazole rings is 4. The summed E-state index contributed by atoms with van der Waals surface area (Å²) in [6.07, 6.45) is 8.31. The second-order valence-electron chi connectivity index (χ2n) is 32.7. The van der Waals surface area contributed by atoms with Gasteiger partial charge in [-0.05, 0) is 153 Å². The van der Waals surface area contributed by atoms with Crippen LogP contribution in [0.5, 0.6) is 0 Å². The minimum atomic E-state index is -3.26. The predicted octanol–water partition coefficient (Wildman–Crippen LogP) is 14.5. The molecule has 3 fully saturated rings. The lowest BCUT2D eigenvalue weighted by Gasteiger charge is -2.33. The van der Waals surface area contributed by atoms with E-state index in [9.17, 15) is 62.4 Å². The van der Waals surface area contributed by atoms with Crippen molar-refractivity contribution >= 4 is 164 Å². The number of pyridine rings is 1. The summed E-state index contributed by atoms with van der Waals surface area (Å²) in [5, 5.41) is 69.7. The summed E-state index contributed by atoms with van der Waals surface area (Å²) in [4.78, 5) is 152. The Morgan fingerprint density at radius 2 is 0.875 bits per heavy atom. The van der Waals surface area contributed by atoms with Crippen LogP contribution in [-0.4, -0.2) is 259 Å². The fourth-order valence-electron chi connectivity index (χ4n) is 15.0. The number of tetrazole rings is 1. The third kappa shape index (κ3) is 27.8. The number of aromatic amines is 1. The molecule has 10 N–H and O–H groups in total. The fourth-order valence-corrected chi connectivity index (χ4v) is 19.1. The number of nitrogens with one attached hydrogen (secondary N) is 6. The highest BCUT2D eigenvalue weighted by atomic mass is 32.2. The van der Waals surface area contributed by atoms with E-state index in [1.165, 1.54) is 53.2 Å². The Labute approximate surface area is 842 Å². The van der Waals surface area contributed by atoms with Gasteiger partial charge in [-0.3, -0.25) is 31.0 Å². The number of rotatable bonds is 31. The van der Waals surface area contributed by atoms with E-state index in [2.05, 4.69) is 107 Å². The Morgan fingerprint density at radius 3 is 1.27 bits per heavy atom. The minimum absolute atomic E-state index is 0.0441. The number of esters is 4. The smallest absolute Gasteiger partial charge is 0.350 e. The number of aliphatic hydroxyl groups excluding tert-OH is 2. The van der Waals surface area contributed by atoms with Crippen LogP contribution in [0.4, 0.5) is 67.6 Å². The van der Waals surface area contributed by atoms with E-state index in [4.69, 9.17) is 38.9 Å². The molecule has 17 rings (SSSR count). The van der Waals surface area contributed by atoms with Crippen LogP contribution in [0.25, 0.3) is 56.4 Å². The second-order valence-corrected chi connectivity index (χ2v) is 38.7. The number of piperidine rings is 2. The predicted molar refractivity (Wildman–Crippen MR) is 545 cm³/mol. The first-order valence-electron chi connectivity index (χ1n) is 45.8. The van der Waals surface area contributed by atoms with Crippen molar-refractivity contribution < 1.29 is 81.4 Å². The zero-order chi connectivity index (χ0) is 102. The molecule has 13 heterocycles. The number of aliphatic hydroxyl groups is 2. The maximum absolute atomic E-state index is 12.2. The zero-order valence-corrected chi connectivity index (χ0v) is 84.1. The van der Waals surface area contributed by atoms with Crippen molar-refractivity contribution in [3.05, 3.63) is 205 Å². The monoisotopic (exact) mass is 2050 g/mol. The van der Waals surface area contributed by atoms with E-state index in [1.54, 1.807) is 129 Å². The number of carboxylic acid groups (broad SMARTS) is 2. The van der Waals surface area contributed by atoms with E-state index < -0.39 is 45.7 Å². The number of hydrogen-bond acceptors (Lipinski definition) is 43. The molecule has 750 valence electrons. The van der Waals surface area contributed by atoms with Gasteiger partial charge in [-0.2, -0.15) is 25.1 Å². The summed E-state index contributed by atoms with van der Waals surface area (Å²) in [6.45, 7) is 22.6. The Morgan fingerprint density at radius 1 is 0.465 bits per heavy atom. The van der Waals surface area contributed by atoms with Gasteiger partial charge in [0.15, 0.2) is 30.4 Å². The second kappa shape index (κ2) is 48.8. The quantitative estimate of drug-likeness (QED) is 0.0142. The number of anilines is 12. The lowest BCUT2D eigenvalue weighted by atomic mass is 9.99. The van der Waals surface area contributed by atoms with Crippen molar-refractivity contribution in [3.8, 4) is 56.4 Å². The van der Waals surface area contributed by atoms with Gasteiger partial charge in [0.1, 0.15) is 42.8 Å². The Balaban J connectivity index is 0.000000152. The van der Waals surface area contributed by atoms with Crippen molar-refractivity contribution in [2.24, 2.45) is 5.92 Å². The van der Waals surface area contributed by atoms with Crippen molar-refractivity contribution in [3.63, 3.8) is 0 Å². The molecule has 43 nitrogen and oxygen atoms in total. The standard InChI is InChI=1S/C25H28N6O5S.C24H24N6O4S2.C24H27N5O5S.C23H25N9O3S/c1-4-36-23(35)21-15(2)26-25(37-21)29-24-27-19(17-6-8-18(9-7-17)22(33)34)14-20(28-24)31-11-5-10-30(12-13-31)16(3)32;1-4-34-22(31)21-15(2)27-24(35-21)30-23-28-19(17-6-5-11-25-14-17)12-20(29-23)26-13-16-7-9-18(10-8-16)36(3,32)33;1-3-34-22(33)20-14(2)25-24(35-20)28-23-26-18(16-6-8-17(9-7-16)21(31)32)11-19(27-23)29-10-4-5-15(12-29)13-30;1-3-35-21(34)19-13(2)24-23(36-19)27-22-25-17(12-18(26-22)32-10-8-16(33)9-11-32)14-4-6-15(7-5-14)20-28-30-31-29-20/h6-9,14H,4-5,10-13H2,1-3H3,(H,33,34)(H,26,27,28,29);5-12,14H,4,13H2,1-3H3,(H2,26,27,28,29,30);6-9,11,15,30H,3-5,10,12-13H2,1-2H3,(H,31,32)(H,25,26,27,28);4-7,12,16,33H,3,8-11H2,1-2H3,(H,24,25,26,27)(H,28,29,30,31). The van der Waals surface area contributed by atoms with Crippen LogP contribution in [0.1, 0.15) is 154 Å². The molecule has 4 aromatic carbocycles. The number of sulfone groups is 1. The van der Waals surface area contributed by atoms with Gasteiger partial charge in [-0.1, -0.05) is 106 Å². The lowest BCUT2D eigenvalue weighted by Crippen LogP contribution is -2.37. The number of aryl methyl sites for hydroxylation is 4. The van der Waals surface area contributed by atoms with Gasteiger partial charge in [0, 0.05) is 143 Å². The first-order chi connectivity index (χ1) is 69.3. The van der Waals surface area contributed by atoms with Crippen LogP contribution in [0.2, 0.25) is 0 Å². The summed E-state index contributed by atoms with van der Waals surface area (Å²) in [7, 11) is -3.26. The Kier molecular flexibility index (Phi) is 35.3. The number of carboxylic acids is 2. The highest BCUT2D eigenvalue weighted by molar-refractivity contribution is 7.90. The molecular formula is C96H104N26O17S5. The first kappa shape index (κ1) is 104. The fraction of sp³-hybridized carbons (Fsp3) is 0.323. The highest BCUT2D eigenvalue weighted by Gasteiger charge is 2.29. The van der Waals surface area contributed by atoms with Crippen molar-refractivity contribution in [2.75, 3.05) is 133 Å². The molecule has 3 aliphatic rings. The molecule has 1 atom stereocenters. The number of aromatic carboxylic acids is 2. The molecule has 0 aliphatic carbocycles.